The van der Waals surface area contributed by atoms with Crippen molar-refractivity contribution in [2.75, 3.05) is 0 Å². The summed E-state index contributed by atoms with van der Waals surface area (Å²) >= 11 is 0. The molecule has 1 rings (SSSR count). The minimum Gasteiger partial charge on any atom is -0.293 e. The van der Waals surface area contributed by atoms with Crippen molar-refractivity contribution in [2.24, 2.45) is 0 Å². The number of ketones is 1. The quantitative estimate of drug-likeness (QED) is 0.524. The lowest BCUT2D eigenvalue weighted by molar-refractivity contribution is 0.0997. The molecular weight excluding hydrogens is 176 g/mol. The second-order valence-electron chi connectivity index (χ2n) is 3.01. The summed E-state index contributed by atoms with van der Waals surface area (Å²) < 4.78 is 0. The van der Waals surface area contributed by atoms with Crippen molar-refractivity contribution < 1.29 is 4.79 Å². The molecule has 0 radical (unpaired) electrons. The Morgan fingerprint density at radius 2 is 2.14 bits per heavy atom. The summed E-state index contributed by atoms with van der Waals surface area (Å²) in [7, 11) is 0. The molecule has 0 atom stereocenters. The average molecular weight is 188 g/mol. The summed E-state index contributed by atoms with van der Waals surface area (Å²) in [6.07, 6.45) is 0.252. The van der Waals surface area contributed by atoms with E-state index in [2.05, 4.69) is 22.0 Å². The summed E-state index contributed by atoms with van der Waals surface area (Å²) in [6, 6.07) is 1.75. The molecule has 0 bridgehead atoms. The van der Waals surface area contributed by atoms with Crippen LogP contribution in [0.2, 0.25) is 0 Å². The van der Waals surface area contributed by atoms with E-state index in [9.17, 15) is 4.79 Å². The van der Waals surface area contributed by atoms with E-state index in [1.807, 2.05) is 6.92 Å². The Morgan fingerprint density at radius 1 is 1.43 bits per heavy atom. The standard InChI is InChI=1S/C11H12N2O/c1-4-5-6-11(14)10-7-8(2)12-13-9(10)3/h7H,6H2,1-3H3. The van der Waals surface area contributed by atoms with Gasteiger partial charge in [-0.3, -0.25) is 4.79 Å². The molecule has 0 aliphatic heterocycles. The van der Waals surface area contributed by atoms with Gasteiger partial charge in [-0.2, -0.15) is 10.2 Å². The molecule has 0 spiro atoms. The molecule has 0 unspecified atom stereocenters. The third-order valence-corrected chi connectivity index (χ3v) is 1.83. The number of hydrogen-bond acceptors (Lipinski definition) is 3. The molecule has 0 amide bonds. The zero-order valence-electron chi connectivity index (χ0n) is 8.59. The van der Waals surface area contributed by atoms with Crippen LogP contribution in [0.5, 0.6) is 0 Å². The Morgan fingerprint density at radius 3 is 2.79 bits per heavy atom. The van der Waals surface area contributed by atoms with Crippen molar-refractivity contribution in [3.8, 4) is 11.8 Å². The normalized spacial score (nSPS) is 9.07. The van der Waals surface area contributed by atoms with Gasteiger partial charge in [-0.15, -0.1) is 5.92 Å². The fourth-order valence-electron chi connectivity index (χ4n) is 1.10. The second-order valence-corrected chi connectivity index (χ2v) is 3.01. The molecule has 1 aromatic heterocycles. The lowest BCUT2D eigenvalue weighted by atomic mass is 10.1. The van der Waals surface area contributed by atoms with Gasteiger partial charge in [0, 0.05) is 5.56 Å². The van der Waals surface area contributed by atoms with Crippen molar-refractivity contribution in [3.05, 3.63) is 23.0 Å². The monoisotopic (exact) mass is 188 g/mol. The predicted octanol–water partition coefficient (Wildman–Crippen LogP) is 1.69. The van der Waals surface area contributed by atoms with E-state index in [4.69, 9.17) is 0 Å². The van der Waals surface area contributed by atoms with Gasteiger partial charge in [0.1, 0.15) is 0 Å². The molecule has 14 heavy (non-hydrogen) atoms. The maximum atomic E-state index is 11.6. The van der Waals surface area contributed by atoms with E-state index in [1.165, 1.54) is 0 Å². The number of hydrogen-bond donors (Lipinski definition) is 0. The number of rotatable bonds is 2. The third kappa shape index (κ3) is 2.40. The average Bonchev–Trinajstić information content (AvgIpc) is 2.18. The maximum Gasteiger partial charge on any atom is 0.176 e. The van der Waals surface area contributed by atoms with E-state index in [0.29, 0.717) is 11.3 Å². The van der Waals surface area contributed by atoms with Gasteiger partial charge in [-0.25, -0.2) is 0 Å². The number of Topliss-reactive ketones (excluding diaryl/α,β-unsaturated/α-hetero) is 1. The first kappa shape index (κ1) is 10.4. The molecular formula is C11H12N2O. The van der Waals surface area contributed by atoms with Crippen LogP contribution in [0.3, 0.4) is 0 Å². The minimum atomic E-state index is 0.00912. The third-order valence-electron chi connectivity index (χ3n) is 1.83. The Bertz CT molecular complexity index is 413. The van der Waals surface area contributed by atoms with Gasteiger partial charge in [0.2, 0.25) is 0 Å². The van der Waals surface area contributed by atoms with Crippen LogP contribution in [-0.4, -0.2) is 16.0 Å². The molecule has 72 valence electrons. The number of carbonyl (C=O) groups is 1. The molecule has 0 aliphatic carbocycles. The van der Waals surface area contributed by atoms with Gasteiger partial charge in [-0.05, 0) is 26.8 Å². The largest absolute Gasteiger partial charge is 0.293 e. The first-order chi connectivity index (χ1) is 6.65. The molecule has 1 aromatic rings. The second kappa shape index (κ2) is 4.52. The van der Waals surface area contributed by atoms with E-state index in [0.717, 1.165) is 5.69 Å². The Labute approximate surface area is 83.6 Å². The van der Waals surface area contributed by atoms with E-state index in [-0.39, 0.29) is 12.2 Å². The summed E-state index contributed by atoms with van der Waals surface area (Å²) in [4.78, 5) is 11.6. The SMILES string of the molecule is CC#CCC(=O)c1cc(C)nnc1C. The van der Waals surface area contributed by atoms with Crippen LogP contribution in [0.15, 0.2) is 6.07 Å². The van der Waals surface area contributed by atoms with Gasteiger partial charge in [-0.1, -0.05) is 5.92 Å². The highest BCUT2D eigenvalue weighted by Crippen LogP contribution is 2.07. The van der Waals surface area contributed by atoms with Crippen LogP contribution < -0.4 is 0 Å². The van der Waals surface area contributed by atoms with Crippen molar-refractivity contribution in [3.63, 3.8) is 0 Å². The lowest BCUT2D eigenvalue weighted by Gasteiger charge is -2.01. The summed E-state index contributed by atoms with van der Waals surface area (Å²) in [5.74, 6) is 5.45. The molecule has 0 aliphatic rings. The molecule has 3 nitrogen and oxygen atoms in total. The number of aromatic nitrogens is 2. The van der Waals surface area contributed by atoms with E-state index >= 15 is 0 Å². The van der Waals surface area contributed by atoms with Gasteiger partial charge >= 0.3 is 0 Å². The van der Waals surface area contributed by atoms with Gasteiger partial charge in [0.05, 0.1) is 17.8 Å². The van der Waals surface area contributed by atoms with Crippen molar-refractivity contribution in [2.45, 2.75) is 27.2 Å². The number of carbonyl (C=O) groups excluding carboxylic acids is 1. The van der Waals surface area contributed by atoms with Crippen molar-refractivity contribution in [1.82, 2.24) is 10.2 Å². The van der Waals surface area contributed by atoms with Crippen molar-refractivity contribution in [1.29, 1.82) is 0 Å². The topological polar surface area (TPSA) is 42.9 Å². The number of aryl methyl sites for hydroxylation is 2. The minimum absolute atomic E-state index is 0.00912. The molecule has 0 fully saturated rings. The van der Waals surface area contributed by atoms with Gasteiger partial charge in [0.25, 0.3) is 0 Å². The maximum absolute atomic E-state index is 11.6. The van der Waals surface area contributed by atoms with Crippen LogP contribution in [0.25, 0.3) is 0 Å². The fraction of sp³-hybridized carbons (Fsp3) is 0.364. The zero-order valence-corrected chi connectivity index (χ0v) is 8.59. The van der Waals surface area contributed by atoms with E-state index < -0.39 is 0 Å². The molecule has 1 heterocycles. The molecule has 0 aromatic carbocycles. The lowest BCUT2D eigenvalue weighted by Crippen LogP contribution is -2.04. The Kier molecular flexibility index (Phi) is 3.35. The van der Waals surface area contributed by atoms with E-state index in [1.54, 1.807) is 19.9 Å². The van der Waals surface area contributed by atoms with Gasteiger partial charge in [0.15, 0.2) is 5.78 Å². The van der Waals surface area contributed by atoms with Crippen LogP contribution in [0, 0.1) is 25.7 Å². The summed E-state index contributed by atoms with van der Waals surface area (Å²) in [5.41, 5.74) is 2.04. The predicted molar refractivity (Wildman–Crippen MR) is 53.9 cm³/mol. The Hall–Kier alpha value is -1.69. The Balaban J connectivity index is 2.98. The zero-order chi connectivity index (χ0) is 10.6. The van der Waals surface area contributed by atoms with Gasteiger partial charge < -0.3 is 0 Å². The highest BCUT2D eigenvalue weighted by molar-refractivity contribution is 5.98. The summed E-state index contributed by atoms with van der Waals surface area (Å²) in [6.45, 7) is 5.31. The highest BCUT2D eigenvalue weighted by Gasteiger charge is 2.09. The molecule has 0 saturated heterocycles. The van der Waals surface area contributed by atoms with Crippen LogP contribution >= 0.6 is 0 Å². The van der Waals surface area contributed by atoms with Crippen LogP contribution in [0.4, 0.5) is 0 Å². The van der Waals surface area contributed by atoms with Crippen LogP contribution in [-0.2, 0) is 0 Å². The highest BCUT2D eigenvalue weighted by atomic mass is 16.1. The molecule has 0 saturated carbocycles. The first-order valence-electron chi connectivity index (χ1n) is 4.39. The summed E-state index contributed by atoms with van der Waals surface area (Å²) in [5, 5.41) is 7.75. The number of nitrogens with zero attached hydrogens (tertiary/aromatic N) is 2. The smallest absolute Gasteiger partial charge is 0.176 e. The molecule has 0 N–H and O–H groups in total. The fourth-order valence-corrected chi connectivity index (χ4v) is 1.10. The van der Waals surface area contributed by atoms with Crippen molar-refractivity contribution >= 4 is 5.78 Å². The molecule has 3 heteroatoms. The van der Waals surface area contributed by atoms with Crippen LogP contribution in [0.1, 0.15) is 35.1 Å². The first-order valence-corrected chi connectivity index (χ1v) is 4.39.